The van der Waals surface area contributed by atoms with Crippen LogP contribution >= 0.6 is 26.0 Å². The summed E-state index contributed by atoms with van der Waals surface area (Å²) in [4.78, 5) is 4.40. The molecule has 0 aliphatic rings. The third-order valence-corrected chi connectivity index (χ3v) is 6.60. The smallest absolute Gasteiger partial charge is 0.167 e. The van der Waals surface area contributed by atoms with Crippen LogP contribution in [0.15, 0.2) is 23.1 Å². The maximum atomic E-state index is 5.91. The minimum atomic E-state index is -0.531. The summed E-state index contributed by atoms with van der Waals surface area (Å²) in [7, 11) is 3.67. The summed E-state index contributed by atoms with van der Waals surface area (Å²) in [5.74, 6) is 1.12. The highest BCUT2D eigenvalue weighted by atomic mass is 79.9. The van der Waals surface area contributed by atoms with E-state index in [9.17, 15) is 0 Å². The van der Waals surface area contributed by atoms with Crippen LogP contribution in [0.5, 0.6) is 0 Å². The van der Waals surface area contributed by atoms with Gasteiger partial charge >= 0.3 is 0 Å². The highest BCUT2D eigenvalue weighted by molar-refractivity contribution is 9.10. The van der Waals surface area contributed by atoms with E-state index >= 15 is 0 Å². The van der Waals surface area contributed by atoms with Crippen LogP contribution in [0.1, 0.15) is 6.92 Å². The lowest BCUT2D eigenvalue weighted by Crippen LogP contribution is -2.22. The first-order valence-corrected chi connectivity index (χ1v) is 13.0. The molecule has 0 radical (unpaired) electrons. The number of aromatic nitrogens is 4. The minimum absolute atomic E-state index is 0.500. The van der Waals surface area contributed by atoms with E-state index in [0.717, 1.165) is 40.2 Å². The highest BCUT2D eigenvalue weighted by Crippen LogP contribution is 2.33. The van der Waals surface area contributed by atoms with E-state index in [1.54, 1.807) is 0 Å². The van der Waals surface area contributed by atoms with Gasteiger partial charge in [-0.15, -0.1) is 0 Å². The molecule has 9 heteroatoms. The van der Waals surface area contributed by atoms with Crippen molar-refractivity contribution in [1.82, 2.24) is 19.3 Å². The number of ether oxygens (including phenoxy) is 1. The number of hydrogen-bond donors (Lipinski definition) is 0. The van der Waals surface area contributed by atoms with Gasteiger partial charge in [0.25, 0.3) is 0 Å². The van der Waals surface area contributed by atoms with Gasteiger partial charge in [0.05, 0.1) is 18.3 Å². The van der Waals surface area contributed by atoms with E-state index in [-0.39, 0.29) is 0 Å². The largest absolute Gasteiger partial charge is 0.358 e. The van der Waals surface area contributed by atoms with Crippen molar-refractivity contribution >= 4 is 63.7 Å². The summed E-state index contributed by atoms with van der Waals surface area (Å²) in [6.07, 6.45) is 11.1. The molecule has 3 heterocycles. The van der Waals surface area contributed by atoms with Crippen molar-refractivity contribution in [3.8, 4) is 11.1 Å². The Morgan fingerprint density at radius 1 is 1.26 bits per heavy atom. The van der Waals surface area contributed by atoms with Crippen molar-refractivity contribution in [3.05, 3.63) is 23.1 Å². The van der Waals surface area contributed by atoms with Crippen LogP contribution in [-0.2, 0) is 18.0 Å². The molecule has 0 spiro atoms. The Morgan fingerprint density at radius 3 is 2.67 bits per heavy atom. The van der Waals surface area contributed by atoms with Crippen molar-refractivity contribution in [2.24, 2.45) is 0 Å². The summed E-state index contributed by atoms with van der Waals surface area (Å²) >= 11 is 3.51. The summed E-state index contributed by atoms with van der Waals surface area (Å²) in [5.41, 5.74) is 5.71. The van der Waals surface area contributed by atoms with Gasteiger partial charge in [-0.3, -0.25) is 4.68 Å². The average Bonchev–Trinajstić information content (AvgIpc) is 3.07. The van der Waals surface area contributed by atoms with Crippen molar-refractivity contribution in [2.45, 2.75) is 20.2 Å². The maximum absolute atomic E-state index is 5.91. The molecule has 27 heavy (non-hydrogen) atoms. The first kappa shape index (κ1) is 20.6. The Morgan fingerprint density at radius 2 is 2.00 bits per heavy atom. The first-order valence-electron chi connectivity index (χ1n) is 9.13. The fourth-order valence-corrected chi connectivity index (χ4v) is 4.24. The van der Waals surface area contributed by atoms with Crippen LogP contribution in [0.25, 0.3) is 22.0 Å². The molecule has 0 N–H and O–H groups in total. The molecular formula is C18H27B2BrN4OS. The molecule has 144 valence electrons. The number of fused-ring (bicyclic) bond motifs is 1. The fraction of sp³-hybridized carbons (Fsp3) is 0.444. The van der Waals surface area contributed by atoms with E-state index in [4.69, 9.17) is 9.84 Å². The molecule has 0 aliphatic heterocycles. The second-order valence-corrected chi connectivity index (χ2v) is 13.1. The SMILES string of the molecule is Bc1nn(COCCS(C)(C)C)c(B)c1-c1cn(CC)c2cnc(Br)cc12. The van der Waals surface area contributed by atoms with Gasteiger partial charge in [-0.25, -0.2) is 15.0 Å². The fourth-order valence-electron chi connectivity index (χ4n) is 3.30. The molecule has 0 saturated heterocycles. The van der Waals surface area contributed by atoms with E-state index in [2.05, 4.69) is 79.1 Å². The van der Waals surface area contributed by atoms with Crippen LogP contribution in [0.4, 0.5) is 0 Å². The number of halogens is 1. The molecule has 0 amide bonds. The second-order valence-electron chi connectivity index (χ2n) is 7.73. The Balaban J connectivity index is 1.93. The second kappa shape index (κ2) is 8.05. The summed E-state index contributed by atoms with van der Waals surface area (Å²) in [5, 5.41) is 5.94. The lowest BCUT2D eigenvalue weighted by atomic mass is 9.87. The Kier molecular flexibility index (Phi) is 6.13. The molecule has 0 bridgehead atoms. The maximum Gasteiger partial charge on any atom is 0.167 e. The predicted octanol–water partition coefficient (Wildman–Crippen LogP) is 0.867. The predicted molar refractivity (Wildman–Crippen MR) is 127 cm³/mol. The zero-order valence-electron chi connectivity index (χ0n) is 17.0. The number of pyridine rings is 1. The Labute approximate surface area is 173 Å². The van der Waals surface area contributed by atoms with Gasteiger partial charge in [0.1, 0.15) is 11.3 Å². The Hall–Kier alpha value is -1.18. The quantitative estimate of drug-likeness (QED) is 0.306. The van der Waals surface area contributed by atoms with Crippen LogP contribution in [0.2, 0.25) is 0 Å². The highest BCUT2D eigenvalue weighted by Gasteiger charge is 2.18. The van der Waals surface area contributed by atoms with Crippen molar-refractivity contribution in [1.29, 1.82) is 0 Å². The van der Waals surface area contributed by atoms with Gasteiger partial charge in [0, 0.05) is 46.2 Å². The minimum Gasteiger partial charge on any atom is -0.358 e. The third-order valence-electron chi connectivity index (χ3n) is 4.78. The summed E-state index contributed by atoms with van der Waals surface area (Å²) < 4.78 is 11.0. The van der Waals surface area contributed by atoms with E-state index in [1.165, 1.54) is 16.5 Å². The topological polar surface area (TPSA) is 44.9 Å². The molecule has 0 atom stereocenters. The molecule has 3 aromatic heterocycles. The lowest BCUT2D eigenvalue weighted by molar-refractivity contribution is 0.0835. The number of hydrogen-bond acceptors (Lipinski definition) is 3. The monoisotopic (exact) mass is 448 g/mol. The van der Waals surface area contributed by atoms with E-state index in [0.29, 0.717) is 6.73 Å². The molecule has 0 unspecified atom stereocenters. The van der Waals surface area contributed by atoms with Gasteiger partial charge in [-0.2, -0.15) is 5.10 Å². The number of rotatable bonds is 7. The normalized spacial score (nSPS) is 12.8. The van der Waals surface area contributed by atoms with Crippen molar-refractivity contribution in [3.63, 3.8) is 0 Å². The number of aryl methyl sites for hydroxylation is 1. The van der Waals surface area contributed by atoms with Gasteiger partial charge in [-0.05, 0) is 47.7 Å². The molecule has 0 saturated carbocycles. The zero-order chi connectivity index (χ0) is 19.8. The van der Waals surface area contributed by atoms with E-state index < -0.39 is 10.0 Å². The molecule has 3 aromatic rings. The Bertz CT molecular complexity index is 965. The van der Waals surface area contributed by atoms with Crippen molar-refractivity contribution < 1.29 is 4.74 Å². The van der Waals surface area contributed by atoms with Gasteiger partial charge < -0.3 is 9.30 Å². The number of nitrogens with zero attached hydrogens (tertiary/aromatic N) is 4. The molecule has 3 rings (SSSR count). The molecule has 0 fully saturated rings. The molecule has 5 nitrogen and oxygen atoms in total. The standard InChI is InChI=1S/C18H27B2BrN4OS/c1-5-24-10-13(12-8-15(21)22-9-14(12)24)16-17(19)23-25(18(16)20)11-26-6-7-27(2,3)4/h8-10H,5-7,11,19-20H2,1-4H3. The summed E-state index contributed by atoms with van der Waals surface area (Å²) in [6.45, 7) is 4.34. The first-order chi connectivity index (χ1) is 12.7. The van der Waals surface area contributed by atoms with Gasteiger partial charge in [-0.1, -0.05) is 0 Å². The molecule has 0 aromatic carbocycles. The average molecular weight is 449 g/mol. The van der Waals surface area contributed by atoms with Gasteiger partial charge in [0.2, 0.25) is 0 Å². The third kappa shape index (κ3) is 4.46. The van der Waals surface area contributed by atoms with Crippen LogP contribution in [0, 0.1) is 0 Å². The lowest BCUT2D eigenvalue weighted by Gasteiger charge is -2.24. The van der Waals surface area contributed by atoms with Crippen LogP contribution in [0.3, 0.4) is 0 Å². The molecule has 0 aliphatic carbocycles. The zero-order valence-corrected chi connectivity index (χ0v) is 19.4. The van der Waals surface area contributed by atoms with E-state index in [1.807, 2.05) is 10.9 Å². The molecular weight excluding hydrogens is 422 g/mol. The van der Waals surface area contributed by atoms with Crippen LogP contribution < -0.4 is 11.2 Å². The van der Waals surface area contributed by atoms with Gasteiger partial charge in [0.15, 0.2) is 15.7 Å². The summed E-state index contributed by atoms with van der Waals surface area (Å²) in [6, 6.07) is 2.09. The van der Waals surface area contributed by atoms with Crippen LogP contribution in [-0.4, -0.2) is 66.2 Å². The van der Waals surface area contributed by atoms with Crippen molar-refractivity contribution in [2.75, 3.05) is 31.1 Å².